The highest BCUT2D eigenvalue weighted by Gasteiger charge is 2.21. The maximum Gasteiger partial charge on any atom is 0.105 e. The van der Waals surface area contributed by atoms with E-state index >= 15 is 0 Å². The fraction of sp³-hybridized carbons (Fsp3) is 0.667. The fourth-order valence-corrected chi connectivity index (χ4v) is 1.15. The van der Waals surface area contributed by atoms with Crippen molar-refractivity contribution in [1.29, 1.82) is 0 Å². The van der Waals surface area contributed by atoms with Crippen molar-refractivity contribution >= 4 is 0 Å². The van der Waals surface area contributed by atoms with Crippen molar-refractivity contribution in [3.8, 4) is 0 Å². The first-order valence-electron chi connectivity index (χ1n) is 4.39. The highest BCUT2D eigenvalue weighted by Crippen LogP contribution is 2.07. The van der Waals surface area contributed by atoms with Crippen molar-refractivity contribution in [2.24, 2.45) is 0 Å². The van der Waals surface area contributed by atoms with Crippen molar-refractivity contribution in [3.63, 3.8) is 0 Å². The molecule has 0 fully saturated rings. The molecule has 4 heteroatoms. The number of aliphatic hydroxyl groups excluding tert-OH is 1. The number of aromatic nitrogens is 2. The number of hydrogen-bond acceptors (Lipinski definition) is 3. The maximum absolute atomic E-state index is 9.18. The van der Waals surface area contributed by atoms with E-state index in [4.69, 9.17) is 0 Å². The van der Waals surface area contributed by atoms with Gasteiger partial charge in [-0.2, -0.15) is 0 Å². The lowest BCUT2D eigenvalue weighted by Gasteiger charge is -2.27. The minimum Gasteiger partial charge on any atom is -0.394 e. The molecule has 0 saturated heterocycles. The molecule has 74 valence electrons. The largest absolute Gasteiger partial charge is 0.394 e. The second-order valence-corrected chi connectivity index (χ2v) is 3.57. The second kappa shape index (κ2) is 3.89. The summed E-state index contributed by atoms with van der Waals surface area (Å²) in [7, 11) is 1.85. The molecular formula is C9H17N3O. The van der Waals surface area contributed by atoms with Gasteiger partial charge in [0, 0.05) is 18.9 Å². The number of likely N-dealkylation sites (N-methyl/N-ethyl adjacent to an activating group) is 1. The zero-order valence-corrected chi connectivity index (χ0v) is 8.41. The van der Waals surface area contributed by atoms with Gasteiger partial charge in [-0.25, -0.2) is 4.98 Å². The van der Waals surface area contributed by atoms with Crippen LogP contribution in [0.25, 0.3) is 0 Å². The molecule has 0 bridgehead atoms. The van der Waals surface area contributed by atoms with E-state index in [0.29, 0.717) is 0 Å². The quantitative estimate of drug-likeness (QED) is 0.699. The van der Waals surface area contributed by atoms with Gasteiger partial charge < -0.3 is 15.0 Å². The molecule has 0 saturated carbocycles. The first kappa shape index (κ1) is 10.2. The molecule has 0 aliphatic heterocycles. The van der Waals surface area contributed by atoms with Crippen molar-refractivity contribution in [1.82, 2.24) is 14.9 Å². The van der Waals surface area contributed by atoms with Crippen LogP contribution in [0, 0.1) is 6.92 Å². The molecule has 1 rings (SSSR count). The van der Waals surface area contributed by atoms with Gasteiger partial charge in [0.15, 0.2) is 0 Å². The third-order valence-corrected chi connectivity index (χ3v) is 2.40. The van der Waals surface area contributed by atoms with E-state index in [-0.39, 0.29) is 12.1 Å². The first-order valence-corrected chi connectivity index (χ1v) is 4.39. The Morgan fingerprint density at radius 1 is 1.69 bits per heavy atom. The zero-order valence-electron chi connectivity index (χ0n) is 8.41. The molecule has 1 heterocycles. The Balaban J connectivity index is 2.73. The summed E-state index contributed by atoms with van der Waals surface area (Å²) in [6.45, 7) is 4.77. The van der Waals surface area contributed by atoms with Crippen LogP contribution in [0.3, 0.4) is 0 Å². The molecular weight excluding hydrogens is 166 g/mol. The smallest absolute Gasteiger partial charge is 0.105 e. The summed E-state index contributed by atoms with van der Waals surface area (Å²) in [6, 6.07) is 0. The Morgan fingerprint density at radius 2 is 2.38 bits per heavy atom. The Hall–Kier alpha value is -0.870. The molecule has 1 unspecified atom stereocenters. The SMILES string of the molecule is CNC(C)(CO)Cn1ccnc1C. The van der Waals surface area contributed by atoms with Crippen LogP contribution < -0.4 is 5.32 Å². The summed E-state index contributed by atoms with van der Waals surface area (Å²) in [6.07, 6.45) is 3.68. The van der Waals surface area contributed by atoms with Gasteiger partial charge in [-0.1, -0.05) is 0 Å². The number of rotatable bonds is 4. The average molecular weight is 183 g/mol. The van der Waals surface area contributed by atoms with Gasteiger partial charge in [0.05, 0.1) is 12.1 Å². The van der Waals surface area contributed by atoms with Gasteiger partial charge >= 0.3 is 0 Å². The molecule has 0 spiro atoms. The Labute approximate surface area is 78.6 Å². The fourth-order valence-electron chi connectivity index (χ4n) is 1.15. The van der Waals surface area contributed by atoms with Gasteiger partial charge in [0.2, 0.25) is 0 Å². The number of imidazole rings is 1. The predicted molar refractivity (Wildman–Crippen MR) is 51.5 cm³/mol. The lowest BCUT2D eigenvalue weighted by atomic mass is 10.0. The minimum atomic E-state index is -0.272. The summed E-state index contributed by atoms with van der Waals surface area (Å²) < 4.78 is 2.02. The van der Waals surface area contributed by atoms with E-state index < -0.39 is 0 Å². The van der Waals surface area contributed by atoms with Crippen LogP contribution in [-0.2, 0) is 6.54 Å². The number of aliphatic hydroxyl groups is 1. The molecule has 4 nitrogen and oxygen atoms in total. The molecule has 13 heavy (non-hydrogen) atoms. The van der Waals surface area contributed by atoms with Crippen LogP contribution >= 0.6 is 0 Å². The summed E-state index contributed by atoms with van der Waals surface area (Å²) in [5, 5.41) is 12.3. The van der Waals surface area contributed by atoms with Gasteiger partial charge in [-0.3, -0.25) is 0 Å². The number of hydrogen-bond donors (Lipinski definition) is 2. The van der Waals surface area contributed by atoms with Gasteiger partial charge in [-0.15, -0.1) is 0 Å². The molecule has 0 aromatic carbocycles. The highest BCUT2D eigenvalue weighted by atomic mass is 16.3. The topological polar surface area (TPSA) is 50.1 Å². The Morgan fingerprint density at radius 3 is 2.77 bits per heavy atom. The van der Waals surface area contributed by atoms with E-state index in [1.807, 2.05) is 31.7 Å². The van der Waals surface area contributed by atoms with Crippen molar-refractivity contribution in [3.05, 3.63) is 18.2 Å². The zero-order chi connectivity index (χ0) is 9.90. The lowest BCUT2D eigenvalue weighted by molar-refractivity contribution is 0.164. The molecule has 1 aromatic heterocycles. The van der Waals surface area contributed by atoms with E-state index in [9.17, 15) is 5.11 Å². The van der Waals surface area contributed by atoms with Crippen molar-refractivity contribution in [2.45, 2.75) is 25.9 Å². The third kappa shape index (κ3) is 2.29. The maximum atomic E-state index is 9.18. The summed E-state index contributed by atoms with van der Waals surface area (Å²) in [5.41, 5.74) is -0.272. The molecule has 0 radical (unpaired) electrons. The van der Waals surface area contributed by atoms with Gasteiger partial charge in [0.25, 0.3) is 0 Å². The molecule has 0 aliphatic rings. The van der Waals surface area contributed by atoms with Crippen LogP contribution in [0.2, 0.25) is 0 Å². The number of nitrogens with one attached hydrogen (secondary N) is 1. The summed E-state index contributed by atoms with van der Waals surface area (Å²) in [4.78, 5) is 4.12. The normalized spacial score (nSPS) is 15.7. The van der Waals surface area contributed by atoms with Crippen LogP contribution in [0.15, 0.2) is 12.4 Å². The minimum absolute atomic E-state index is 0.112. The second-order valence-electron chi connectivity index (χ2n) is 3.57. The van der Waals surface area contributed by atoms with Gasteiger partial charge in [0.1, 0.15) is 5.82 Å². The Bertz CT molecular complexity index is 266. The van der Waals surface area contributed by atoms with Crippen LogP contribution in [0.5, 0.6) is 0 Å². The molecule has 1 aromatic rings. The molecule has 0 amide bonds. The monoisotopic (exact) mass is 183 g/mol. The van der Waals surface area contributed by atoms with E-state index in [1.54, 1.807) is 6.20 Å². The molecule has 2 N–H and O–H groups in total. The molecule has 0 aliphatic carbocycles. The van der Waals surface area contributed by atoms with E-state index in [0.717, 1.165) is 12.4 Å². The number of nitrogens with zero attached hydrogens (tertiary/aromatic N) is 2. The van der Waals surface area contributed by atoms with E-state index in [1.165, 1.54) is 0 Å². The van der Waals surface area contributed by atoms with E-state index in [2.05, 4.69) is 10.3 Å². The molecule has 1 atom stereocenters. The lowest BCUT2D eigenvalue weighted by Crippen LogP contribution is -2.47. The van der Waals surface area contributed by atoms with Gasteiger partial charge in [-0.05, 0) is 20.9 Å². The predicted octanol–water partition coefficient (Wildman–Crippen LogP) is 0.162. The number of aryl methyl sites for hydroxylation is 1. The highest BCUT2D eigenvalue weighted by molar-refractivity contribution is 4.93. The van der Waals surface area contributed by atoms with Crippen LogP contribution in [0.4, 0.5) is 0 Å². The third-order valence-electron chi connectivity index (χ3n) is 2.40. The van der Waals surface area contributed by atoms with Crippen LogP contribution in [0.1, 0.15) is 12.7 Å². The summed E-state index contributed by atoms with van der Waals surface area (Å²) >= 11 is 0. The Kier molecular flexibility index (Phi) is 3.06. The average Bonchev–Trinajstić information content (AvgIpc) is 2.52. The standard InChI is InChI=1S/C9H17N3O/c1-8-11-4-5-12(8)6-9(2,7-13)10-3/h4-5,10,13H,6-7H2,1-3H3. The van der Waals surface area contributed by atoms with Crippen LogP contribution in [-0.4, -0.2) is 33.9 Å². The summed E-state index contributed by atoms with van der Waals surface area (Å²) in [5.74, 6) is 0.968. The first-order chi connectivity index (χ1) is 6.11. The van der Waals surface area contributed by atoms with Crippen molar-refractivity contribution < 1.29 is 5.11 Å². The van der Waals surface area contributed by atoms with Crippen molar-refractivity contribution in [2.75, 3.05) is 13.7 Å².